The summed E-state index contributed by atoms with van der Waals surface area (Å²) in [6, 6.07) is 1.77. The minimum absolute atomic E-state index is 0.0708. The number of likely N-dealkylation sites (tertiary alicyclic amines) is 2. The number of carbonyl (C=O) groups excluding carboxylic acids is 2. The molecule has 2 atom stereocenters. The lowest BCUT2D eigenvalue weighted by molar-refractivity contribution is -0.130. The van der Waals surface area contributed by atoms with Crippen LogP contribution in [0.1, 0.15) is 61.6 Å². The van der Waals surface area contributed by atoms with Crippen LogP contribution in [0.5, 0.6) is 0 Å². The van der Waals surface area contributed by atoms with Gasteiger partial charge in [-0.25, -0.2) is 9.97 Å². The van der Waals surface area contributed by atoms with Gasteiger partial charge in [-0.15, -0.1) is 0 Å². The Kier molecular flexibility index (Phi) is 5.23. The Morgan fingerprint density at radius 2 is 2.00 bits per heavy atom. The Morgan fingerprint density at radius 3 is 2.71 bits per heavy atom. The van der Waals surface area contributed by atoms with E-state index in [4.69, 9.17) is 10.5 Å². The molecule has 3 aliphatic rings. The largest absolute Gasteiger partial charge is 0.381 e. The lowest BCUT2D eigenvalue weighted by Gasteiger charge is -2.30. The zero-order valence-corrected chi connectivity index (χ0v) is 16.6. The monoisotopic (exact) mass is 387 g/mol. The molecule has 0 bridgehead atoms. The van der Waals surface area contributed by atoms with Crippen molar-refractivity contribution < 1.29 is 14.3 Å². The summed E-state index contributed by atoms with van der Waals surface area (Å²) < 4.78 is 5.43. The van der Waals surface area contributed by atoms with Gasteiger partial charge in [0.05, 0.1) is 12.1 Å². The molecule has 0 spiro atoms. The first kappa shape index (κ1) is 19.1. The van der Waals surface area contributed by atoms with Crippen molar-refractivity contribution in [1.82, 2.24) is 19.8 Å². The molecule has 4 heterocycles. The molecule has 0 aliphatic carbocycles. The second-order valence-electron chi connectivity index (χ2n) is 8.42. The van der Waals surface area contributed by atoms with Gasteiger partial charge in [0.15, 0.2) is 0 Å². The average Bonchev–Trinajstić information content (AvgIpc) is 3.21. The van der Waals surface area contributed by atoms with E-state index in [1.807, 2.05) is 23.6 Å². The van der Waals surface area contributed by atoms with Crippen molar-refractivity contribution in [3.8, 4) is 0 Å². The molecule has 152 valence electrons. The number of nitrogen functional groups attached to an aromatic ring is 1. The summed E-state index contributed by atoms with van der Waals surface area (Å²) in [5.41, 5.74) is 6.91. The number of rotatable bonds is 4. The highest BCUT2D eigenvalue weighted by atomic mass is 16.5. The van der Waals surface area contributed by atoms with Crippen LogP contribution in [-0.4, -0.2) is 70.0 Å². The third-order valence-electron chi connectivity index (χ3n) is 6.25. The van der Waals surface area contributed by atoms with E-state index in [9.17, 15) is 9.59 Å². The Bertz CT molecular complexity index is 762. The number of hydrogen-bond donors (Lipinski definition) is 1. The lowest BCUT2D eigenvalue weighted by atomic mass is 9.99. The number of ether oxygens (including phenoxy) is 1. The van der Waals surface area contributed by atoms with Crippen molar-refractivity contribution in [1.29, 1.82) is 0 Å². The highest BCUT2D eigenvalue weighted by molar-refractivity contribution is 5.94. The number of amides is 2. The fraction of sp³-hybridized carbons (Fsp3) is 0.700. The molecule has 1 aromatic rings. The summed E-state index contributed by atoms with van der Waals surface area (Å²) in [6.07, 6.45) is 3.23. The van der Waals surface area contributed by atoms with Gasteiger partial charge >= 0.3 is 0 Å². The maximum atomic E-state index is 13.2. The van der Waals surface area contributed by atoms with Gasteiger partial charge in [-0.2, -0.15) is 0 Å². The number of aromatic nitrogens is 2. The van der Waals surface area contributed by atoms with Gasteiger partial charge < -0.3 is 20.3 Å². The smallest absolute Gasteiger partial charge is 0.273 e. The highest BCUT2D eigenvalue weighted by Gasteiger charge is 2.49. The van der Waals surface area contributed by atoms with E-state index in [1.54, 1.807) is 6.07 Å². The van der Waals surface area contributed by atoms with Crippen LogP contribution in [0.25, 0.3) is 0 Å². The first-order chi connectivity index (χ1) is 13.4. The van der Waals surface area contributed by atoms with Gasteiger partial charge in [0.1, 0.15) is 5.69 Å². The lowest BCUT2D eigenvalue weighted by Crippen LogP contribution is -2.42. The van der Waals surface area contributed by atoms with Crippen molar-refractivity contribution in [3.63, 3.8) is 0 Å². The summed E-state index contributed by atoms with van der Waals surface area (Å²) in [7, 11) is 0. The first-order valence-corrected chi connectivity index (χ1v) is 10.3. The van der Waals surface area contributed by atoms with Gasteiger partial charge in [-0.3, -0.25) is 9.59 Å². The third kappa shape index (κ3) is 3.57. The number of anilines is 1. The molecule has 0 radical (unpaired) electrons. The van der Waals surface area contributed by atoms with Crippen molar-refractivity contribution >= 4 is 17.8 Å². The maximum Gasteiger partial charge on any atom is 0.273 e. The molecule has 0 unspecified atom stereocenters. The summed E-state index contributed by atoms with van der Waals surface area (Å²) in [5.74, 6) is 0.782. The van der Waals surface area contributed by atoms with Crippen LogP contribution in [0.2, 0.25) is 0 Å². The van der Waals surface area contributed by atoms with E-state index in [0.717, 1.165) is 44.7 Å². The number of nitrogens with zero attached hydrogens (tertiary/aromatic N) is 4. The van der Waals surface area contributed by atoms with E-state index in [0.29, 0.717) is 24.6 Å². The average molecular weight is 387 g/mol. The van der Waals surface area contributed by atoms with Crippen LogP contribution in [0.15, 0.2) is 6.07 Å². The predicted octanol–water partition coefficient (Wildman–Crippen LogP) is 1.42. The molecule has 0 aromatic carbocycles. The van der Waals surface area contributed by atoms with Gasteiger partial charge in [0, 0.05) is 38.4 Å². The SMILES string of the molecule is CC(C)c1cc(C(=O)N2CC[C@H]3[C@@H]2CC(=O)N3CC2CCOCC2)nc(N)n1. The Morgan fingerprint density at radius 1 is 1.25 bits per heavy atom. The minimum Gasteiger partial charge on any atom is -0.381 e. The number of hydrogen-bond acceptors (Lipinski definition) is 6. The Balaban J connectivity index is 1.49. The zero-order valence-electron chi connectivity index (χ0n) is 16.6. The molecular weight excluding hydrogens is 358 g/mol. The van der Waals surface area contributed by atoms with E-state index in [2.05, 4.69) is 9.97 Å². The topological polar surface area (TPSA) is 102 Å². The van der Waals surface area contributed by atoms with Crippen LogP contribution < -0.4 is 5.73 Å². The summed E-state index contributed by atoms with van der Waals surface area (Å²) in [4.78, 5) is 38.1. The molecular formula is C20H29N5O3. The molecule has 3 saturated heterocycles. The molecule has 4 rings (SSSR count). The van der Waals surface area contributed by atoms with Gasteiger partial charge in [0.25, 0.3) is 5.91 Å². The van der Waals surface area contributed by atoms with Crippen LogP contribution in [0.4, 0.5) is 5.95 Å². The van der Waals surface area contributed by atoms with Crippen molar-refractivity contribution in [3.05, 3.63) is 17.5 Å². The van der Waals surface area contributed by atoms with Crippen LogP contribution in [0.3, 0.4) is 0 Å². The standard InChI is InChI=1S/C20H29N5O3/c1-12(2)14-9-15(23-20(21)22-14)19(27)24-6-3-16-17(24)10-18(26)25(16)11-13-4-7-28-8-5-13/h9,12-13,16-17H,3-8,10-11H2,1-2H3,(H2,21,22,23)/t16-,17-/m0/s1. The third-order valence-corrected chi connectivity index (χ3v) is 6.25. The summed E-state index contributed by atoms with van der Waals surface area (Å²) >= 11 is 0. The second-order valence-corrected chi connectivity index (χ2v) is 8.42. The van der Waals surface area contributed by atoms with Crippen LogP contribution in [0, 0.1) is 5.92 Å². The predicted molar refractivity (Wildman–Crippen MR) is 104 cm³/mol. The van der Waals surface area contributed by atoms with E-state index in [-0.39, 0.29) is 35.8 Å². The van der Waals surface area contributed by atoms with Crippen LogP contribution >= 0.6 is 0 Å². The molecule has 3 aliphatic heterocycles. The normalized spacial score (nSPS) is 25.6. The quantitative estimate of drug-likeness (QED) is 0.838. The number of nitrogens with two attached hydrogens (primary N) is 1. The van der Waals surface area contributed by atoms with E-state index < -0.39 is 0 Å². The Labute approximate surface area is 165 Å². The molecule has 2 N–H and O–H groups in total. The molecule has 2 amide bonds. The molecule has 28 heavy (non-hydrogen) atoms. The van der Waals surface area contributed by atoms with Crippen LogP contribution in [-0.2, 0) is 9.53 Å². The maximum absolute atomic E-state index is 13.2. The minimum atomic E-state index is -0.149. The summed E-state index contributed by atoms with van der Waals surface area (Å²) in [6.45, 7) is 6.99. The van der Waals surface area contributed by atoms with Crippen molar-refractivity contribution in [2.75, 3.05) is 32.0 Å². The second kappa shape index (κ2) is 7.66. The molecule has 8 nitrogen and oxygen atoms in total. The summed E-state index contributed by atoms with van der Waals surface area (Å²) in [5, 5.41) is 0. The van der Waals surface area contributed by atoms with Gasteiger partial charge in [0.2, 0.25) is 11.9 Å². The zero-order chi connectivity index (χ0) is 19.8. The first-order valence-electron chi connectivity index (χ1n) is 10.3. The fourth-order valence-corrected chi connectivity index (χ4v) is 4.66. The fourth-order valence-electron chi connectivity index (χ4n) is 4.66. The molecule has 8 heteroatoms. The van der Waals surface area contributed by atoms with E-state index in [1.165, 1.54) is 0 Å². The van der Waals surface area contributed by atoms with Crippen molar-refractivity contribution in [2.24, 2.45) is 5.92 Å². The van der Waals surface area contributed by atoms with Crippen molar-refractivity contribution in [2.45, 2.75) is 57.5 Å². The molecule has 1 aromatic heterocycles. The van der Waals surface area contributed by atoms with E-state index >= 15 is 0 Å². The number of fused-ring (bicyclic) bond motifs is 1. The molecule has 0 saturated carbocycles. The highest BCUT2D eigenvalue weighted by Crippen LogP contribution is 2.35. The van der Waals surface area contributed by atoms with Gasteiger partial charge in [-0.1, -0.05) is 13.8 Å². The molecule has 3 fully saturated rings. The van der Waals surface area contributed by atoms with Gasteiger partial charge in [-0.05, 0) is 37.2 Å². The Hall–Kier alpha value is -2.22. The number of carbonyl (C=O) groups is 2.